The zero-order chi connectivity index (χ0) is 12.7. The van der Waals surface area contributed by atoms with Crippen LogP contribution < -0.4 is 4.74 Å². The third-order valence-electron chi connectivity index (χ3n) is 2.12. The second kappa shape index (κ2) is 6.88. The van der Waals surface area contributed by atoms with Gasteiger partial charge in [0.1, 0.15) is 5.75 Å². The first-order chi connectivity index (χ1) is 8.01. The molecule has 0 saturated heterocycles. The SMILES string of the molecule is CSc1ccc(OCCCCS(=O)(=O)O)cc1. The lowest BCUT2D eigenvalue weighted by Crippen LogP contribution is -2.06. The Morgan fingerprint density at radius 3 is 2.41 bits per heavy atom. The van der Waals surface area contributed by atoms with Gasteiger partial charge in [-0.15, -0.1) is 11.8 Å². The molecule has 1 rings (SSSR count). The van der Waals surface area contributed by atoms with E-state index in [1.807, 2.05) is 30.5 Å². The van der Waals surface area contributed by atoms with Crippen LogP contribution in [0, 0.1) is 0 Å². The molecule has 4 nitrogen and oxygen atoms in total. The van der Waals surface area contributed by atoms with Gasteiger partial charge in [0, 0.05) is 4.90 Å². The Labute approximate surface area is 106 Å². The summed E-state index contributed by atoms with van der Waals surface area (Å²) in [5.74, 6) is 0.566. The number of hydrogen-bond acceptors (Lipinski definition) is 4. The summed E-state index contributed by atoms with van der Waals surface area (Å²) in [6, 6.07) is 7.71. The smallest absolute Gasteiger partial charge is 0.264 e. The van der Waals surface area contributed by atoms with E-state index in [1.54, 1.807) is 11.8 Å². The molecule has 96 valence electrons. The van der Waals surface area contributed by atoms with E-state index in [9.17, 15) is 8.42 Å². The van der Waals surface area contributed by atoms with Crippen molar-refractivity contribution in [1.29, 1.82) is 0 Å². The summed E-state index contributed by atoms with van der Waals surface area (Å²) in [5.41, 5.74) is 0. The summed E-state index contributed by atoms with van der Waals surface area (Å²) in [6.45, 7) is 0.453. The minimum Gasteiger partial charge on any atom is -0.494 e. The van der Waals surface area contributed by atoms with E-state index in [1.165, 1.54) is 4.90 Å². The van der Waals surface area contributed by atoms with Crippen LogP contribution in [0.4, 0.5) is 0 Å². The topological polar surface area (TPSA) is 63.6 Å². The third kappa shape index (κ3) is 6.55. The van der Waals surface area contributed by atoms with Crippen molar-refractivity contribution in [3.63, 3.8) is 0 Å². The average Bonchev–Trinajstić information content (AvgIpc) is 2.28. The lowest BCUT2D eigenvalue weighted by atomic mass is 10.3. The van der Waals surface area contributed by atoms with Gasteiger partial charge in [0.15, 0.2) is 0 Å². The molecule has 0 saturated carbocycles. The summed E-state index contributed by atoms with van der Waals surface area (Å²) in [4.78, 5) is 1.17. The molecule has 17 heavy (non-hydrogen) atoms. The molecule has 0 atom stereocenters. The monoisotopic (exact) mass is 276 g/mol. The van der Waals surface area contributed by atoms with Gasteiger partial charge in [0.05, 0.1) is 12.4 Å². The summed E-state index contributed by atoms with van der Waals surface area (Å²) < 4.78 is 34.8. The van der Waals surface area contributed by atoms with Crippen LogP contribution in [-0.4, -0.2) is 31.6 Å². The fraction of sp³-hybridized carbons (Fsp3) is 0.455. The molecule has 0 bridgehead atoms. The molecular formula is C11H16O4S2. The summed E-state index contributed by atoms with van der Waals surface area (Å²) in [6.07, 6.45) is 3.01. The van der Waals surface area contributed by atoms with Crippen molar-refractivity contribution in [1.82, 2.24) is 0 Å². The number of benzene rings is 1. The highest BCUT2D eigenvalue weighted by Gasteiger charge is 2.03. The van der Waals surface area contributed by atoms with Crippen molar-refractivity contribution in [3.05, 3.63) is 24.3 Å². The molecule has 0 amide bonds. The van der Waals surface area contributed by atoms with Crippen molar-refractivity contribution in [2.24, 2.45) is 0 Å². The average molecular weight is 276 g/mol. The Bertz CT molecular complexity index is 425. The summed E-state index contributed by atoms with van der Waals surface area (Å²) in [5, 5.41) is 0. The maximum Gasteiger partial charge on any atom is 0.264 e. The van der Waals surface area contributed by atoms with Crippen LogP contribution in [0.3, 0.4) is 0 Å². The lowest BCUT2D eigenvalue weighted by Gasteiger charge is -2.06. The molecular weight excluding hydrogens is 260 g/mol. The molecule has 1 N–H and O–H groups in total. The van der Waals surface area contributed by atoms with Crippen molar-refractivity contribution in [3.8, 4) is 5.75 Å². The van der Waals surface area contributed by atoms with Crippen LogP contribution in [0.2, 0.25) is 0 Å². The van der Waals surface area contributed by atoms with E-state index in [-0.39, 0.29) is 5.75 Å². The highest BCUT2D eigenvalue weighted by molar-refractivity contribution is 7.98. The van der Waals surface area contributed by atoms with Crippen molar-refractivity contribution >= 4 is 21.9 Å². The normalized spacial score (nSPS) is 11.4. The van der Waals surface area contributed by atoms with Gasteiger partial charge in [-0.2, -0.15) is 8.42 Å². The largest absolute Gasteiger partial charge is 0.494 e. The van der Waals surface area contributed by atoms with Crippen LogP contribution in [-0.2, 0) is 10.1 Å². The summed E-state index contributed by atoms with van der Waals surface area (Å²) >= 11 is 1.66. The Morgan fingerprint density at radius 1 is 1.24 bits per heavy atom. The van der Waals surface area contributed by atoms with E-state index in [0.29, 0.717) is 19.4 Å². The van der Waals surface area contributed by atoms with Gasteiger partial charge in [-0.05, 0) is 43.4 Å². The van der Waals surface area contributed by atoms with Gasteiger partial charge in [0.2, 0.25) is 0 Å². The third-order valence-corrected chi connectivity index (χ3v) is 3.67. The highest BCUT2D eigenvalue weighted by atomic mass is 32.2. The number of hydrogen-bond donors (Lipinski definition) is 1. The van der Waals surface area contributed by atoms with Gasteiger partial charge in [-0.1, -0.05) is 0 Å². The molecule has 0 aromatic heterocycles. The van der Waals surface area contributed by atoms with Crippen LogP contribution in [0.25, 0.3) is 0 Å². The van der Waals surface area contributed by atoms with Crippen LogP contribution >= 0.6 is 11.8 Å². The molecule has 0 aliphatic heterocycles. The van der Waals surface area contributed by atoms with Crippen molar-refractivity contribution in [2.45, 2.75) is 17.7 Å². The van der Waals surface area contributed by atoms with E-state index in [2.05, 4.69) is 0 Å². The van der Waals surface area contributed by atoms with Crippen LogP contribution in [0.1, 0.15) is 12.8 Å². The highest BCUT2D eigenvalue weighted by Crippen LogP contribution is 2.19. The van der Waals surface area contributed by atoms with E-state index in [0.717, 1.165) is 5.75 Å². The van der Waals surface area contributed by atoms with E-state index in [4.69, 9.17) is 9.29 Å². The summed E-state index contributed by atoms with van der Waals surface area (Å²) in [7, 11) is -3.84. The molecule has 0 aliphatic carbocycles. The number of ether oxygens (including phenoxy) is 1. The Hall–Kier alpha value is -0.720. The minimum absolute atomic E-state index is 0.207. The standard InChI is InChI=1S/C11H16O4S2/c1-16-11-6-4-10(5-7-11)15-8-2-3-9-17(12,13)14/h4-7H,2-3,8-9H2,1H3,(H,12,13,14). The van der Waals surface area contributed by atoms with Gasteiger partial charge in [0.25, 0.3) is 10.1 Å². The predicted octanol–water partition coefficient (Wildman–Crippen LogP) is 2.46. The van der Waals surface area contributed by atoms with E-state index >= 15 is 0 Å². The fourth-order valence-electron chi connectivity index (χ4n) is 1.25. The Morgan fingerprint density at radius 2 is 1.88 bits per heavy atom. The molecule has 0 aliphatic rings. The first-order valence-corrected chi connectivity index (χ1v) is 8.07. The maximum absolute atomic E-state index is 10.4. The van der Waals surface area contributed by atoms with Gasteiger partial charge in [-0.3, -0.25) is 4.55 Å². The fourth-order valence-corrected chi connectivity index (χ4v) is 2.23. The number of rotatable bonds is 7. The van der Waals surface area contributed by atoms with Gasteiger partial charge >= 0.3 is 0 Å². The molecule has 0 fully saturated rings. The first kappa shape index (κ1) is 14.3. The maximum atomic E-state index is 10.4. The van der Waals surface area contributed by atoms with Crippen LogP contribution in [0.15, 0.2) is 29.2 Å². The molecule has 0 radical (unpaired) electrons. The van der Waals surface area contributed by atoms with Gasteiger partial charge in [-0.25, -0.2) is 0 Å². The number of unbranched alkanes of at least 4 members (excludes halogenated alkanes) is 1. The molecule has 1 aromatic rings. The quantitative estimate of drug-likeness (QED) is 0.471. The first-order valence-electron chi connectivity index (χ1n) is 5.23. The zero-order valence-corrected chi connectivity index (χ0v) is 11.3. The van der Waals surface area contributed by atoms with Crippen molar-refractivity contribution < 1.29 is 17.7 Å². The number of thioether (sulfide) groups is 1. The van der Waals surface area contributed by atoms with E-state index < -0.39 is 10.1 Å². The lowest BCUT2D eigenvalue weighted by molar-refractivity contribution is 0.309. The van der Waals surface area contributed by atoms with Crippen molar-refractivity contribution in [2.75, 3.05) is 18.6 Å². The Balaban J connectivity index is 2.22. The molecule has 0 unspecified atom stereocenters. The molecule has 1 aromatic carbocycles. The second-order valence-corrected chi connectivity index (χ2v) is 5.97. The van der Waals surface area contributed by atoms with Gasteiger partial charge < -0.3 is 4.74 Å². The molecule has 6 heteroatoms. The predicted molar refractivity (Wildman–Crippen MR) is 69.4 cm³/mol. The molecule has 0 spiro atoms. The Kier molecular flexibility index (Phi) is 5.80. The second-order valence-electron chi connectivity index (χ2n) is 3.52. The molecule has 0 heterocycles. The van der Waals surface area contributed by atoms with Crippen LogP contribution in [0.5, 0.6) is 5.75 Å². The zero-order valence-electron chi connectivity index (χ0n) is 9.63. The minimum atomic E-state index is -3.84.